The summed E-state index contributed by atoms with van der Waals surface area (Å²) >= 11 is 0. The van der Waals surface area contributed by atoms with Crippen molar-refractivity contribution in [2.24, 2.45) is 5.92 Å². The number of aliphatic hydroxyl groups is 1. The molecule has 0 radical (unpaired) electrons. The Morgan fingerprint density at radius 2 is 2.30 bits per heavy atom. The van der Waals surface area contributed by atoms with Crippen molar-refractivity contribution in [3.63, 3.8) is 0 Å². The van der Waals surface area contributed by atoms with Gasteiger partial charge in [-0.25, -0.2) is 0 Å². The molecule has 3 atom stereocenters. The van der Waals surface area contributed by atoms with E-state index in [4.69, 9.17) is 9.47 Å². The Morgan fingerprint density at radius 1 is 1.40 bits per heavy atom. The Morgan fingerprint density at radius 3 is 3.05 bits per heavy atom. The largest absolute Gasteiger partial charge is 0.392 e. The monoisotopic (exact) mass is 278 g/mol. The first-order valence-electron chi connectivity index (χ1n) is 7.68. The molecule has 112 valence electrons. The van der Waals surface area contributed by atoms with Crippen LogP contribution in [0.5, 0.6) is 0 Å². The van der Waals surface area contributed by atoms with Gasteiger partial charge in [0, 0.05) is 12.5 Å². The van der Waals surface area contributed by atoms with Gasteiger partial charge < -0.3 is 14.6 Å². The van der Waals surface area contributed by atoms with Crippen LogP contribution in [0.25, 0.3) is 0 Å². The van der Waals surface area contributed by atoms with E-state index in [1.54, 1.807) is 0 Å². The van der Waals surface area contributed by atoms with E-state index >= 15 is 0 Å². The number of ether oxygens (including phenoxy) is 2. The maximum Gasteiger partial charge on any atom is 0.157 e. The maximum atomic E-state index is 9.86. The Kier molecular flexibility index (Phi) is 6.51. The second kappa shape index (κ2) is 8.40. The van der Waals surface area contributed by atoms with Crippen LogP contribution in [0.2, 0.25) is 0 Å². The first-order valence-corrected chi connectivity index (χ1v) is 7.68. The van der Waals surface area contributed by atoms with Gasteiger partial charge in [-0.3, -0.25) is 0 Å². The summed E-state index contributed by atoms with van der Waals surface area (Å²) < 4.78 is 11.2. The lowest BCUT2D eigenvalue weighted by atomic mass is 9.92. The van der Waals surface area contributed by atoms with Crippen molar-refractivity contribution in [2.75, 3.05) is 13.2 Å². The average Bonchev–Trinajstić information content (AvgIpc) is 2.47. The number of rotatable bonds is 5. The van der Waals surface area contributed by atoms with Crippen LogP contribution in [-0.4, -0.2) is 30.7 Å². The molecule has 1 aliphatic heterocycles. The molecule has 3 heteroatoms. The predicted molar refractivity (Wildman–Crippen MR) is 80.3 cm³/mol. The summed E-state index contributed by atoms with van der Waals surface area (Å²) in [6.45, 7) is 3.46. The molecule has 2 rings (SSSR count). The topological polar surface area (TPSA) is 38.7 Å². The second-order valence-electron chi connectivity index (χ2n) is 5.59. The molecule has 0 bridgehead atoms. The molecule has 1 heterocycles. The highest BCUT2D eigenvalue weighted by molar-refractivity contribution is 5.19. The molecule has 3 unspecified atom stereocenters. The lowest BCUT2D eigenvalue weighted by molar-refractivity contribution is -0.155. The molecular weight excluding hydrogens is 252 g/mol. The van der Waals surface area contributed by atoms with Crippen molar-refractivity contribution in [3.8, 4) is 0 Å². The van der Waals surface area contributed by atoms with Crippen LogP contribution in [0.15, 0.2) is 36.0 Å². The third-order valence-corrected chi connectivity index (χ3v) is 3.84. The molecule has 1 N–H and O–H groups in total. The van der Waals surface area contributed by atoms with Gasteiger partial charge in [0.15, 0.2) is 6.29 Å². The first-order chi connectivity index (χ1) is 9.75. The number of hydrogen-bond acceptors (Lipinski definition) is 3. The fourth-order valence-corrected chi connectivity index (χ4v) is 2.49. The molecule has 1 aliphatic carbocycles. The van der Waals surface area contributed by atoms with Gasteiger partial charge in [-0.2, -0.15) is 0 Å². The van der Waals surface area contributed by atoms with Crippen LogP contribution in [0.3, 0.4) is 0 Å². The third kappa shape index (κ3) is 5.23. The van der Waals surface area contributed by atoms with E-state index in [0.29, 0.717) is 6.61 Å². The summed E-state index contributed by atoms with van der Waals surface area (Å²) in [4.78, 5) is 0. The molecule has 0 amide bonds. The minimum absolute atomic E-state index is 0.0279. The molecule has 3 nitrogen and oxygen atoms in total. The number of aliphatic hydroxyl groups excluding tert-OH is 1. The van der Waals surface area contributed by atoms with Gasteiger partial charge in [0.25, 0.3) is 0 Å². The molecule has 0 saturated carbocycles. The molecule has 1 fully saturated rings. The zero-order valence-corrected chi connectivity index (χ0v) is 12.3. The SMILES string of the molecule is CC(/C=C\C1C=CCCC1O)=C\COC1CCCCO1. The van der Waals surface area contributed by atoms with Crippen LogP contribution < -0.4 is 0 Å². The standard InChI is InChI=1S/C17H26O3/c1-14(9-10-15-6-2-3-7-16(15)18)11-13-20-17-8-4-5-12-19-17/h2,6,9-11,15-18H,3-5,7-8,12-13H2,1H3/b10-9-,14-11+. The van der Waals surface area contributed by atoms with E-state index in [1.807, 2.05) is 0 Å². The summed E-state index contributed by atoms with van der Waals surface area (Å²) in [7, 11) is 0. The van der Waals surface area contributed by atoms with Crippen LogP contribution >= 0.6 is 0 Å². The summed E-state index contributed by atoms with van der Waals surface area (Å²) in [5.74, 6) is 0.148. The van der Waals surface area contributed by atoms with Gasteiger partial charge >= 0.3 is 0 Å². The summed E-state index contributed by atoms with van der Waals surface area (Å²) in [6, 6.07) is 0. The van der Waals surface area contributed by atoms with Crippen LogP contribution in [0.1, 0.15) is 39.0 Å². The summed E-state index contributed by atoms with van der Waals surface area (Å²) in [5.41, 5.74) is 1.16. The number of hydrogen-bond donors (Lipinski definition) is 1. The van der Waals surface area contributed by atoms with Gasteiger partial charge in [-0.05, 0) is 39.0 Å². The highest BCUT2D eigenvalue weighted by atomic mass is 16.7. The van der Waals surface area contributed by atoms with E-state index < -0.39 is 0 Å². The average molecular weight is 278 g/mol. The Bertz CT molecular complexity index is 364. The zero-order chi connectivity index (χ0) is 14.2. The van der Waals surface area contributed by atoms with Gasteiger partial charge in [-0.15, -0.1) is 0 Å². The maximum absolute atomic E-state index is 9.86. The minimum Gasteiger partial charge on any atom is -0.392 e. The molecule has 0 spiro atoms. The number of allylic oxidation sites excluding steroid dienone is 3. The van der Waals surface area contributed by atoms with E-state index in [1.165, 1.54) is 6.42 Å². The molecule has 1 saturated heterocycles. The van der Waals surface area contributed by atoms with Crippen molar-refractivity contribution in [1.29, 1.82) is 0 Å². The van der Waals surface area contributed by atoms with Crippen LogP contribution in [0.4, 0.5) is 0 Å². The van der Waals surface area contributed by atoms with Crippen LogP contribution in [0, 0.1) is 5.92 Å². The van der Waals surface area contributed by atoms with E-state index in [9.17, 15) is 5.11 Å². The van der Waals surface area contributed by atoms with E-state index in [2.05, 4.69) is 37.3 Å². The highest BCUT2D eigenvalue weighted by Gasteiger charge is 2.15. The third-order valence-electron chi connectivity index (χ3n) is 3.84. The molecular formula is C17H26O3. The van der Waals surface area contributed by atoms with Crippen molar-refractivity contribution >= 4 is 0 Å². The Labute approximate surface area is 122 Å². The quantitative estimate of drug-likeness (QED) is 0.619. The molecule has 0 aromatic carbocycles. The zero-order valence-electron chi connectivity index (χ0n) is 12.3. The van der Waals surface area contributed by atoms with Crippen molar-refractivity contribution in [3.05, 3.63) is 36.0 Å². The predicted octanol–water partition coefficient (Wildman–Crippen LogP) is 3.36. The first kappa shape index (κ1) is 15.5. The lowest BCUT2D eigenvalue weighted by Crippen LogP contribution is -2.22. The normalized spacial score (nSPS) is 31.9. The van der Waals surface area contributed by atoms with Gasteiger partial charge in [0.1, 0.15) is 0 Å². The minimum atomic E-state index is -0.240. The smallest absolute Gasteiger partial charge is 0.157 e. The van der Waals surface area contributed by atoms with Crippen molar-refractivity contribution in [1.82, 2.24) is 0 Å². The summed E-state index contributed by atoms with van der Waals surface area (Å²) in [5, 5.41) is 9.86. The molecule has 20 heavy (non-hydrogen) atoms. The fraction of sp³-hybridized carbons (Fsp3) is 0.647. The lowest BCUT2D eigenvalue weighted by Gasteiger charge is -2.22. The highest BCUT2D eigenvalue weighted by Crippen LogP contribution is 2.19. The second-order valence-corrected chi connectivity index (χ2v) is 5.59. The Hall–Kier alpha value is -0.900. The van der Waals surface area contributed by atoms with Gasteiger partial charge in [-0.1, -0.05) is 36.0 Å². The molecule has 0 aromatic rings. The Balaban J connectivity index is 1.72. The van der Waals surface area contributed by atoms with Gasteiger partial charge in [0.05, 0.1) is 12.7 Å². The molecule has 2 aliphatic rings. The van der Waals surface area contributed by atoms with Crippen molar-refractivity contribution in [2.45, 2.75) is 51.4 Å². The summed E-state index contributed by atoms with van der Waals surface area (Å²) in [6.07, 6.45) is 15.3. The van der Waals surface area contributed by atoms with E-state index in [0.717, 1.165) is 37.9 Å². The van der Waals surface area contributed by atoms with Crippen LogP contribution in [-0.2, 0) is 9.47 Å². The molecule has 0 aromatic heterocycles. The van der Waals surface area contributed by atoms with E-state index in [-0.39, 0.29) is 18.3 Å². The fourth-order valence-electron chi connectivity index (χ4n) is 2.49. The van der Waals surface area contributed by atoms with Crippen molar-refractivity contribution < 1.29 is 14.6 Å². The van der Waals surface area contributed by atoms with Gasteiger partial charge in [0.2, 0.25) is 0 Å².